The summed E-state index contributed by atoms with van der Waals surface area (Å²) in [4.78, 5) is 0. The van der Waals surface area contributed by atoms with Crippen LogP contribution < -0.4 is 10.6 Å². The van der Waals surface area contributed by atoms with Crippen molar-refractivity contribution in [3.05, 3.63) is 0 Å². The average Bonchev–Trinajstić information content (AvgIpc) is 2.03. The second-order valence-electron chi connectivity index (χ2n) is 4.03. The highest BCUT2D eigenvalue weighted by Crippen LogP contribution is 2.26. The summed E-state index contributed by atoms with van der Waals surface area (Å²) in [5, 5.41) is 5.97. The molecule has 0 saturated carbocycles. The predicted molar refractivity (Wildman–Crippen MR) is 49.0 cm³/mol. The summed E-state index contributed by atoms with van der Waals surface area (Å²) in [7, 11) is 1.83. The first-order chi connectivity index (χ1) is 5.95. The summed E-state index contributed by atoms with van der Waals surface area (Å²) in [6, 6.07) is -0.474. The van der Waals surface area contributed by atoms with Gasteiger partial charge in [0.1, 0.15) is 0 Å². The molecule has 13 heavy (non-hydrogen) atoms. The maximum atomic E-state index is 13.0. The van der Waals surface area contributed by atoms with Gasteiger partial charge in [0.25, 0.3) is 5.92 Å². The Balaban J connectivity index is 2.55. The summed E-state index contributed by atoms with van der Waals surface area (Å²) < 4.78 is 25.9. The number of halogens is 2. The Bertz CT molecular complexity index is 167. The minimum atomic E-state index is -2.62. The Hall–Kier alpha value is -0.220. The zero-order chi connectivity index (χ0) is 10.1. The van der Waals surface area contributed by atoms with Crippen molar-refractivity contribution >= 4 is 0 Å². The molecule has 0 aromatic heterocycles. The second kappa shape index (κ2) is 3.88. The van der Waals surface area contributed by atoms with E-state index in [1.807, 2.05) is 7.05 Å². The Kier molecular flexibility index (Phi) is 3.24. The highest BCUT2D eigenvalue weighted by atomic mass is 19.3. The van der Waals surface area contributed by atoms with Crippen LogP contribution in [-0.4, -0.2) is 31.6 Å². The van der Waals surface area contributed by atoms with Crippen LogP contribution in [0.2, 0.25) is 0 Å². The summed E-state index contributed by atoms with van der Waals surface area (Å²) in [6.45, 7) is 3.71. The standard InChI is InChI=1S/C9H18F2N2/c1-6-5-13-8(9(2,10)11)4-7(6)12-3/h6-8,12-13H,4-5H2,1-3H3. The molecule has 0 bridgehead atoms. The summed E-state index contributed by atoms with van der Waals surface area (Å²) >= 11 is 0. The van der Waals surface area contributed by atoms with Gasteiger partial charge in [0.15, 0.2) is 0 Å². The van der Waals surface area contributed by atoms with Crippen LogP contribution in [0.4, 0.5) is 8.78 Å². The quantitative estimate of drug-likeness (QED) is 0.687. The molecule has 0 aromatic rings. The largest absolute Gasteiger partial charge is 0.317 e. The van der Waals surface area contributed by atoms with Crippen LogP contribution in [0.25, 0.3) is 0 Å². The zero-order valence-electron chi connectivity index (χ0n) is 8.40. The summed E-state index contributed by atoms with van der Waals surface area (Å²) in [5.41, 5.74) is 0. The molecule has 0 spiro atoms. The van der Waals surface area contributed by atoms with Crippen LogP contribution in [0, 0.1) is 5.92 Å². The van der Waals surface area contributed by atoms with Gasteiger partial charge in [0.05, 0.1) is 6.04 Å². The maximum absolute atomic E-state index is 13.0. The molecule has 78 valence electrons. The molecule has 0 aliphatic carbocycles. The van der Waals surface area contributed by atoms with Crippen molar-refractivity contribution in [3.63, 3.8) is 0 Å². The van der Waals surface area contributed by atoms with Crippen molar-refractivity contribution in [2.45, 2.75) is 38.3 Å². The van der Waals surface area contributed by atoms with Crippen LogP contribution in [-0.2, 0) is 0 Å². The Morgan fingerprint density at radius 1 is 1.46 bits per heavy atom. The molecule has 0 amide bonds. The molecule has 2 N–H and O–H groups in total. The van der Waals surface area contributed by atoms with Crippen molar-refractivity contribution < 1.29 is 8.78 Å². The first-order valence-electron chi connectivity index (χ1n) is 4.73. The number of piperidine rings is 1. The third-order valence-corrected chi connectivity index (χ3v) is 2.85. The van der Waals surface area contributed by atoms with Crippen molar-refractivity contribution in [1.82, 2.24) is 10.6 Å². The van der Waals surface area contributed by atoms with Gasteiger partial charge < -0.3 is 10.6 Å². The van der Waals surface area contributed by atoms with Crippen molar-refractivity contribution in [1.29, 1.82) is 0 Å². The molecule has 0 radical (unpaired) electrons. The van der Waals surface area contributed by atoms with Gasteiger partial charge in [-0.15, -0.1) is 0 Å². The maximum Gasteiger partial charge on any atom is 0.260 e. The van der Waals surface area contributed by atoms with E-state index in [1.54, 1.807) is 0 Å². The van der Waals surface area contributed by atoms with Gasteiger partial charge in [-0.2, -0.15) is 0 Å². The molecule has 1 saturated heterocycles. The van der Waals surface area contributed by atoms with Crippen molar-refractivity contribution in [2.24, 2.45) is 5.92 Å². The van der Waals surface area contributed by atoms with Gasteiger partial charge in [-0.05, 0) is 25.9 Å². The zero-order valence-corrected chi connectivity index (χ0v) is 8.40. The van der Waals surface area contributed by atoms with Gasteiger partial charge in [-0.3, -0.25) is 0 Å². The molecule has 1 aliphatic rings. The monoisotopic (exact) mass is 192 g/mol. The first-order valence-corrected chi connectivity index (χ1v) is 4.73. The fourth-order valence-corrected chi connectivity index (χ4v) is 1.83. The molecule has 1 aliphatic heterocycles. The van der Waals surface area contributed by atoms with Gasteiger partial charge in [0, 0.05) is 13.0 Å². The Labute approximate surface area is 78.1 Å². The van der Waals surface area contributed by atoms with Crippen LogP contribution in [0.3, 0.4) is 0 Å². The number of rotatable bonds is 2. The van der Waals surface area contributed by atoms with E-state index in [0.29, 0.717) is 18.9 Å². The first kappa shape index (κ1) is 10.9. The topological polar surface area (TPSA) is 24.1 Å². The number of nitrogens with one attached hydrogen (secondary N) is 2. The fraction of sp³-hybridized carbons (Fsp3) is 1.00. The van der Waals surface area contributed by atoms with Crippen molar-refractivity contribution in [2.75, 3.05) is 13.6 Å². The fourth-order valence-electron chi connectivity index (χ4n) is 1.83. The third-order valence-electron chi connectivity index (χ3n) is 2.85. The van der Waals surface area contributed by atoms with E-state index in [4.69, 9.17) is 0 Å². The Morgan fingerprint density at radius 2 is 2.08 bits per heavy atom. The van der Waals surface area contributed by atoms with Gasteiger partial charge in [-0.25, -0.2) is 8.78 Å². The summed E-state index contributed by atoms with van der Waals surface area (Å²) in [5.74, 6) is -2.20. The predicted octanol–water partition coefficient (Wildman–Crippen LogP) is 1.23. The molecule has 1 rings (SSSR count). The van der Waals surface area contributed by atoms with Gasteiger partial charge in [0.2, 0.25) is 0 Å². The van der Waals surface area contributed by atoms with E-state index in [0.717, 1.165) is 6.92 Å². The van der Waals surface area contributed by atoms with Crippen LogP contribution >= 0.6 is 0 Å². The SMILES string of the molecule is CNC1CC(C(C)(F)F)NCC1C. The van der Waals surface area contributed by atoms with E-state index < -0.39 is 12.0 Å². The second-order valence-corrected chi connectivity index (χ2v) is 4.03. The van der Waals surface area contributed by atoms with Crippen LogP contribution in [0.5, 0.6) is 0 Å². The molecular formula is C9H18F2N2. The molecule has 2 nitrogen and oxygen atoms in total. The molecule has 0 aromatic carbocycles. The molecule has 1 heterocycles. The lowest BCUT2D eigenvalue weighted by Crippen LogP contribution is -2.56. The lowest BCUT2D eigenvalue weighted by atomic mass is 9.88. The third kappa shape index (κ3) is 2.61. The summed E-state index contributed by atoms with van der Waals surface area (Å²) in [6.07, 6.45) is 0.501. The molecular weight excluding hydrogens is 174 g/mol. The van der Waals surface area contributed by atoms with E-state index in [-0.39, 0.29) is 6.04 Å². The van der Waals surface area contributed by atoms with Gasteiger partial charge in [-0.1, -0.05) is 6.92 Å². The lowest BCUT2D eigenvalue weighted by molar-refractivity contribution is -0.0349. The van der Waals surface area contributed by atoms with Crippen molar-refractivity contribution in [3.8, 4) is 0 Å². The average molecular weight is 192 g/mol. The number of hydrogen-bond donors (Lipinski definition) is 2. The van der Waals surface area contributed by atoms with E-state index >= 15 is 0 Å². The van der Waals surface area contributed by atoms with Gasteiger partial charge >= 0.3 is 0 Å². The number of alkyl halides is 2. The minimum Gasteiger partial charge on any atom is -0.317 e. The van der Waals surface area contributed by atoms with E-state index in [1.165, 1.54) is 0 Å². The highest BCUT2D eigenvalue weighted by Gasteiger charge is 2.39. The molecule has 1 fully saturated rings. The molecule has 3 unspecified atom stereocenters. The normalized spacial score (nSPS) is 36.2. The molecule has 4 heteroatoms. The van der Waals surface area contributed by atoms with E-state index in [9.17, 15) is 8.78 Å². The van der Waals surface area contributed by atoms with Crippen LogP contribution in [0.1, 0.15) is 20.3 Å². The lowest BCUT2D eigenvalue weighted by Gasteiger charge is -2.37. The molecule has 3 atom stereocenters. The Morgan fingerprint density at radius 3 is 2.54 bits per heavy atom. The minimum absolute atomic E-state index is 0.206. The highest BCUT2D eigenvalue weighted by molar-refractivity contribution is 4.91. The number of hydrogen-bond acceptors (Lipinski definition) is 2. The van der Waals surface area contributed by atoms with E-state index in [2.05, 4.69) is 17.6 Å². The van der Waals surface area contributed by atoms with Crippen LogP contribution in [0.15, 0.2) is 0 Å². The smallest absolute Gasteiger partial charge is 0.260 e.